The average Bonchev–Trinajstić information content (AvgIpc) is 2.85. The number of hydrogen-bond donors (Lipinski definition) is 4. The van der Waals surface area contributed by atoms with Crippen molar-refractivity contribution in [3.05, 3.63) is 45.2 Å². The number of aliphatic hydroxyl groups excluding tert-OH is 2. The first kappa shape index (κ1) is 32.5. The Labute approximate surface area is 252 Å². The molecular formula is C34H44O9. The Bertz CT molecular complexity index is 1490. The van der Waals surface area contributed by atoms with Crippen molar-refractivity contribution in [2.24, 2.45) is 28.6 Å². The van der Waals surface area contributed by atoms with E-state index in [4.69, 9.17) is 4.74 Å². The molecule has 234 valence electrons. The first-order valence-corrected chi connectivity index (χ1v) is 15.0. The zero-order valence-corrected chi connectivity index (χ0v) is 26.5. The van der Waals surface area contributed by atoms with Crippen LogP contribution in [0.5, 0.6) is 5.75 Å². The van der Waals surface area contributed by atoms with E-state index >= 15 is 0 Å². The molecule has 9 heteroatoms. The normalized spacial score (nSPS) is 28.8. The highest BCUT2D eigenvalue weighted by atomic mass is 16.5. The van der Waals surface area contributed by atoms with E-state index in [1.165, 1.54) is 0 Å². The zero-order chi connectivity index (χ0) is 32.6. The Hall–Kier alpha value is -3.46. The van der Waals surface area contributed by atoms with E-state index in [-0.39, 0.29) is 60.2 Å². The number of aromatic hydroxyl groups is 1. The molecule has 0 spiro atoms. The van der Waals surface area contributed by atoms with Gasteiger partial charge in [-0.1, -0.05) is 61.5 Å². The number of phenols is 1. The molecule has 4 N–H and O–H groups in total. The van der Waals surface area contributed by atoms with Gasteiger partial charge >= 0.3 is 5.97 Å². The Morgan fingerprint density at radius 1 is 1.05 bits per heavy atom. The van der Waals surface area contributed by atoms with Crippen LogP contribution in [-0.2, 0) is 36.8 Å². The van der Waals surface area contributed by atoms with Crippen molar-refractivity contribution < 1.29 is 44.3 Å². The van der Waals surface area contributed by atoms with Crippen molar-refractivity contribution in [1.82, 2.24) is 0 Å². The Balaban J connectivity index is 2.00. The smallest absolute Gasteiger partial charge is 0.310 e. The van der Waals surface area contributed by atoms with Crippen LogP contribution in [0.15, 0.2) is 23.0 Å². The molecule has 9 nitrogen and oxygen atoms in total. The van der Waals surface area contributed by atoms with Gasteiger partial charge in [0.2, 0.25) is 5.78 Å². The van der Waals surface area contributed by atoms with Crippen molar-refractivity contribution in [2.75, 3.05) is 6.61 Å². The van der Waals surface area contributed by atoms with E-state index in [0.29, 0.717) is 5.56 Å². The van der Waals surface area contributed by atoms with E-state index in [1.54, 1.807) is 33.8 Å². The third-order valence-electron chi connectivity index (χ3n) is 9.65. The van der Waals surface area contributed by atoms with E-state index < -0.39 is 68.7 Å². The summed E-state index contributed by atoms with van der Waals surface area (Å²) in [5.41, 5.74) is -4.52. The summed E-state index contributed by atoms with van der Waals surface area (Å²) in [5.74, 6) is -6.24. The van der Waals surface area contributed by atoms with Crippen LogP contribution in [0.1, 0.15) is 96.9 Å². The van der Waals surface area contributed by atoms with Crippen LogP contribution in [-0.4, -0.2) is 56.0 Å². The van der Waals surface area contributed by atoms with Gasteiger partial charge in [0.1, 0.15) is 22.8 Å². The molecule has 1 saturated carbocycles. The average molecular weight is 597 g/mol. The summed E-state index contributed by atoms with van der Waals surface area (Å²) in [7, 11) is 0. The van der Waals surface area contributed by atoms with Gasteiger partial charge in [-0.3, -0.25) is 19.2 Å². The summed E-state index contributed by atoms with van der Waals surface area (Å²) in [6, 6.07) is 1.73. The number of phenolic OH excluding ortho intramolecular Hbond substituents is 1. The molecule has 43 heavy (non-hydrogen) atoms. The number of esters is 1. The lowest BCUT2D eigenvalue weighted by Crippen LogP contribution is -2.69. The van der Waals surface area contributed by atoms with Gasteiger partial charge in [-0.05, 0) is 48.6 Å². The minimum Gasteiger partial charge on any atom is -0.508 e. The molecule has 1 unspecified atom stereocenters. The molecule has 3 aliphatic carbocycles. The fourth-order valence-electron chi connectivity index (χ4n) is 7.99. The first-order valence-electron chi connectivity index (χ1n) is 15.0. The Morgan fingerprint density at radius 2 is 1.65 bits per heavy atom. The Morgan fingerprint density at radius 3 is 2.16 bits per heavy atom. The number of ketones is 3. The predicted molar refractivity (Wildman–Crippen MR) is 159 cm³/mol. The largest absolute Gasteiger partial charge is 0.508 e. The van der Waals surface area contributed by atoms with Gasteiger partial charge in [0.25, 0.3) is 0 Å². The molecule has 0 bridgehead atoms. The summed E-state index contributed by atoms with van der Waals surface area (Å²) in [6.45, 7) is 15.9. The lowest BCUT2D eigenvalue weighted by molar-refractivity contribution is -0.178. The monoisotopic (exact) mass is 596 g/mol. The number of rotatable bonds is 7. The molecule has 1 aromatic carbocycles. The molecule has 0 aromatic heterocycles. The lowest BCUT2D eigenvalue weighted by Gasteiger charge is -2.59. The SMILES string of the molecule is CC(=O)C1=C(O)[C@]2(O)C(=O)C3=C(O)c4c(O)c(CC(=O)OCC(C)C)cc(C(C)C)c4C[C@]3(C)C[C@]2(C)C(C(C)C)C1=O. The number of carbonyl (C=O) groups is 4. The maximum atomic E-state index is 14.5. The number of carbonyl (C=O) groups excluding carboxylic acids is 4. The van der Waals surface area contributed by atoms with Crippen LogP contribution in [0.2, 0.25) is 0 Å². The zero-order valence-electron chi connectivity index (χ0n) is 26.5. The molecule has 0 amide bonds. The van der Waals surface area contributed by atoms with Crippen LogP contribution in [0.25, 0.3) is 5.76 Å². The summed E-state index contributed by atoms with van der Waals surface area (Å²) in [4.78, 5) is 53.3. The van der Waals surface area contributed by atoms with Crippen LogP contribution < -0.4 is 0 Å². The second kappa shape index (κ2) is 10.6. The molecular weight excluding hydrogens is 552 g/mol. The molecule has 0 heterocycles. The van der Waals surface area contributed by atoms with Crippen LogP contribution in [0, 0.1) is 28.6 Å². The van der Waals surface area contributed by atoms with Gasteiger partial charge in [0.05, 0.1) is 18.6 Å². The first-order chi connectivity index (χ1) is 19.7. The summed E-state index contributed by atoms with van der Waals surface area (Å²) < 4.78 is 5.32. The summed E-state index contributed by atoms with van der Waals surface area (Å²) >= 11 is 0. The van der Waals surface area contributed by atoms with E-state index in [2.05, 4.69) is 0 Å². The van der Waals surface area contributed by atoms with Gasteiger partial charge in [0.15, 0.2) is 17.2 Å². The molecule has 0 aliphatic heterocycles. The number of ether oxygens (including phenoxy) is 1. The molecule has 4 atom stereocenters. The number of benzene rings is 1. The summed E-state index contributed by atoms with van der Waals surface area (Å²) in [5, 5.41) is 46.8. The highest BCUT2D eigenvalue weighted by Gasteiger charge is 2.72. The minimum atomic E-state index is -2.67. The number of hydrogen-bond acceptors (Lipinski definition) is 9. The molecule has 0 saturated heterocycles. The quantitative estimate of drug-likeness (QED) is 0.249. The van der Waals surface area contributed by atoms with Crippen molar-refractivity contribution in [3.63, 3.8) is 0 Å². The van der Waals surface area contributed by atoms with Crippen LogP contribution in [0.4, 0.5) is 0 Å². The molecule has 1 fully saturated rings. The fourth-order valence-corrected chi connectivity index (χ4v) is 7.99. The van der Waals surface area contributed by atoms with Crippen LogP contribution >= 0.6 is 0 Å². The predicted octanol–water partition coefficient (Wildman–Crippen LogP) is 5.06. The molecule has 4 rings (SSSR count). The van der Waals surface area contributed by atoms with E-state index in [1.807, 2.05) is 27.7 Å². The minimum absolute atomic E-state index is 0.00607. The highest BCUT2D eigenvalue weighted by molar-refractivity contribution is 6.24. The second-order valence-corrected chi connectivity index (χ2v) is 14.2. The Kier molecular flexibility index (Phi) is 8.01. The number of aliphatic hydroxyl groups is 3. The van der Waals surface area contributed by atoms with Gasteiger partial charge in [-0.2, -0.15) is 0 Å². The second-order valence-electron chi connectivity index (χ2n) is 14.2. The van der Waals surface area contributed by atoms with Crippen molar-refractivity contribution in [2.45, 2.75) is 93.1 Å². The maximum absolute atomic E-state index is 14.5. The number of Topliss-reactive ketones (excluding diaryl/α,β-unsaturated/α-hetero) is 3. The van der Waals surface area contributed by atoms with Gasteiger partial charge < -0.3 is 25.2 Å². The van der Waals surface area contributed by atoms with E-state index in [9.17, 15) is 39.6 Å². The molecule has 3 aliphatic rings. The lowest BCUT2D eigenvalue weighted by atomic mass is 9.43. The van der Waals surface area contributed by atoms with E-state index in [0.717, 1.165) is 12.5 Å². The third kappa shape index (κ3) is 4.62. The number of fused-ring (bicyclic) bond motifs is 3. The standard InChI is InChI=1S/C34H44O9/c1-15(2)13-43-22(36)11-19-10-20(16(3)4)21-12-32(8)14-33(9)25(17(5)6)28(38)23(18(7)35)30(40)34(33,42)31(41)26(32)29(39)24(21)27(19)37/h10,15-17,25,37,39-40,42H,11-14H2,1-9H3/t25?,32-,33-,34+/m1/s1. The van der Waals surface area contributed by atoms with Crippen molar-refractivity contribution in [3.8, 4) is 5.75 Å². The topological polar surface area (TPSA) is 158 Å². The highest BCUT2D eigenvalue weighted by Crippen LogP contribution is 2.65. The molecule has 1 aromatic rings. The van der Waals surface area contributed by atoms with Gasteiger partial charge in [-0.15, -0.1) is 0 Å². The van der Waals surface area contributed by atoms with Crippen LogP contribution in [0.3, 0.4) is 0 Å². The third-order valence-corrected chi connectivity index (χ3v) is 9.65. The van der Waals surface area contributed by atoms with Gasteiger partial charge in [0, 0.05) is 27.9 Å². The van der Waals surface area contributed by atoms with Crippen molar-refractivity contribution >= 4 is 29.1 Å². The number of allylic oxidation sites excluding steroid dienone is 1. The fraction of sp³-hybridized carbons (Fsp3) is 0.588. The van der Waals surface area contributed by atoms with Gasteiger partial charge in [-0.25, -0.2) is 0 Å². The summed E-state index contributed by atoms with van der Waals surface area (Å²) in [6.07, 6.45) is -0.0567. The van der Waals surface area contributed by atoms with Crippen molar-refractivity contribution in [1.29, 1.82) is 0 Å². The molecule has 0 radical (unpaired) electrons. The maximum Gasteiger partial charge on any atom is 0.310 e.